The molecule has 0 unspecified atom stereocenters. The Morgan fingerprint density at radius 3 is 1.94 bits per heavy atom. The number of hydrogen-bond donors (Lipinski definition) is 0. The lowest BCUT2D eigenvalue weighted by Crippen LogP contribution is -2.07. The second kappa shape index (κ2) is 6.56. The van der Waals surface area contributed by atoms with Crippen molar-refractivity contribution in [1.82, 2.24) is 9.97 Å². The summed E-state index contributed by atoms with van der Waals surface area (Å²) in [7, 11) is 4.02. The summed E-state index contributed by atoms with van der Waals surface area (Å²) >= 11 is 0. The molecule has 3 nitrogen and oxygen atoms in total. The second-order valence-corrected chi connectivity index (χ2v) is 3.57. The van der Waals surface area contributed by atoms with Gasteiger partial charge in [0.1, 0.15) is 0 Å². The largest absolute Gasteiger partial charge is 0.378 e. The zero-order valence-corrected chi connectivity index (χ0v) is 9.96. The minimum Gasteiger partial charge on any atom is -0.378 e. The van der Waals surface area contributed by atoms with Gasteiger partial charge in [0.05, 0.1) is 0 Å². The number of aryl methyl sites for hydroxylation is 1. The molecular weight excluding hydrogens is 198 g/mol. The van der Waals surface area contributed by atoms with Gasteiger partial charge >= 0.3 is 0 Å². The molecular formula is C13H17N3. The topological polar surface area (TPSA) is 29.0 Å². The molecule has 2 heterocycles. The predicted molar refractivity (Wildman–Crippen MR) is 67.5 cm³/mol. The lowest BCUT2D eigenvalue weighted by atomic mass is 10.4. The van der Waals surface area contributed by atoms with E-state index in [4.69, 9.17) is 0 Å². The Hall–Kier alpha value is -1.90. The van der Waals surface area contributed by atoms with Crippen LogP contribution in [-0.2, 0) is 0 Å². The maximum Gasteiger partial charge on any atom is 0.0391 e. The molecule has 2 rings (SSSR count). The first-order chi connectivity index (χ1) is 7.70. The first-order valence-electron chi connectivity index (χ1n) is 5.15. The maximum absolute atomic E-state index is 3.98. The zero-order chi connectivity index (χ0) is 11.8. The molecule has 16 heavy (non-hydrogen) atoms. The molecule has 0 saturated heterocycles. The Bertz CT molecular complexity index is 384. The second-order valence-electron chi connectivity index (χ2n) is 3.57. The third kappa shape index (κ3) is 4.55. The SMILES string of the molecule is CN(C)c1ccncc1.Cc1ccccn1. The lowest BCUT2D eigenvalue weighted by molar-refractivity contribution is 1.12. The number of rotatable bonds is 1. The van der Waals surface area contributed by atoms with Gasteiger partial charge in [-0.1, -0.05) is 6.07 Å². The molecule has 0 aliphatic heterocycles. The highest BCUT2D eigenvalue weighted by Gasteiger charge is 1.88. The van der Waals surface area contributed by atoms with Crippen LogP contribution in [0, 0.1) is 6.92 Å². The summed E-state index contributed by atoms with van der Waals surface area (Å²) in [5.41, 5.74) is 2.26. The molecule has 84 valence electrons. The number of hydrogen-bond acceptors (Lipinski definition) is 3. The first-order valence-corrected chi connectivity index (χ1v) is 5.15. The molecule has 2 aromatic rings. The molecule has 0 fully saturated rings. The fourth-order valence-corrected chi connectivity index (χ4v) is 1.09. The van der Waals surface area contributed by atoms with E-state index < -0.39 is 0 Å². The highest BCUT2D eigenvalue weighted by Crippen LogP contribution is 2.05. The minimum atomic E-state index is 1.07. The van der Waals surface area contributed by atoms with Crippen molar-refractivity contribution in [2.24, 2.45) is 0 Å². The van der Waals surface area contributed by atoms with Crippen molar-refractivity contribution in [2.45, 2.75) is 6.92 Å². The van der Waals surface area contributed by atoms with E-state index >= 15 is 0 Å². The third-order valence-corrected chi connectivity index (χ3v) is 1.99. The smallest absolute Gasteiger partial charge is 0.0391 e. The summed E-state index contributed by atoms with van der Waals surface area (Å²) in [4.78, 5) is 9.92. The Balaban J connectivity index is 0.000000165. The molecule has 0 aromatic carbocycles. The lowest BCUT2D eigenvalue weighted by Gasteiger charge is -2.10. The summed E-state index contributed by atoms with van der Waals surface area (Å²) in [6, 6.07) is 9.80. The van der Waals surface area contributed by atoms with Crippen LogP contribution < -0.4 is 4.90 Å². The van der Waals surface area contributed by atoms with E-state index in [9.17, 15) is 0 Å². The Morgan fingerprint density at radius 2 is 1.62 bits per heavy atom. The molecule has 0 radical (unpaired) electrons. The number of aromatic nitrogens is 2. The van der Waals surface area contributed by atoms with Gasteiger partial charge in [0.2, 0.25) is 0 Å². The molecule has 0 aliphatic carbocycles. The van der Waals surface area contributed by atoms with E-state index in [0.29, 0.717) is 0 Å². The highest BCUT2D eigenvalue weighted by atomic mass is 15.1. The van der Waals surface area contributed by atoms with Crippen LogP contribution in [0.2, 0.25) is 0 Å². The van der Waals surface area contributed by atoms with Crippen LogP contribution in [0.15, 0.2) is 48.9 Å². The molecule has 0 saturated carbocycles. The minimum absolute atomic E-state index is 1.07. The number of anilines is 1. The number of pyridine rings is 2. The summed E-state index contributed by atoms with van der Waals surface area (Å²) < 4.78 is 0. The molecule has 0 amide bonds. The van der Waals surface area contributed by atoms with Gasteiger partial charge in [-0.25, -0.2) is 0 Å². The van der Waals surface area contributed by atoms with Gasteiger partial charge in [0, 0.05) is 44.1 Å². The molecule has 0 atom stereocenters. The average Bonchev–Trinajstić information content (AvgIpc) is 2.32. The van der Waals surface area contributed by atoms with Gasteiger partial charge in [-0.05, 0) is 31.2 Å². The normalized spacial score (nSPS) is 8.94. The predicted octanol–water partition coefficient (Wildman–Crippen LogP) is 2.54. The molecule has 0 spiro atoms. The van der Waals surface area contributed by atoms with Crippen molar-refractivity contribution in [1.29, 1.82) is 0 Å². The Kier molecular flexibility index (Phi) is 4.99. The van der Waals surface area contributed by atoms with E-state index in [2.05, 4.69) is 9.97 Å². The molecule has 0 bridgehead atoms. The standard InChI is InChI=1S/C7H10N2.C6H7N/c1-9(2)7-3-5-8-6-4-7;1-6-4-2-3-5-7-6/h3-6H,1-2H3;2-5H,1H3. The van der Waals surface area contributed by atoms with Crippen molar-refractivity contribution in [3.8, 4) is 0 Å². The van der Waals surface area contributed by atoms with Crippen molar-refractivity contribution in [2.75, 3.05) is 19.0 Å². The van der Waals surface area contributed by atoms with Crippen LogP contribution in [0.4, 0.5) is 5.69 Å². The van der Waals surface area contributed by atoms with Crippen LogP contribution in [0.5, 0.6) is 0 Å². The van der Waals surface area contributed by atoms with E-state index in [-0.39, 0.29) is 0 Å². The van der Waals surface area contributed by atoms with E-state index in [1.807, 2.05) is 56.3 Å². The fourth-order valence-electron chi connectivity index (χ4n) is 1.09. The summed E-state index contributed by atoms with van der Waals surface area (Å²) in [5, 5.41) is 0. The Labute approximate surface area is 96.8 Å². The monoisotopic (exact) mass is 215 g/mol. The summed E-state index contributed by atoms with van der Waals surface area (Å²) in [6.45, 7) is 1.97. The summed E-state index contributed by atoms with van der Waals surface area (Å²) in [5.74, 6) is 0. The van der Waals surface area contributed by atoms with Gasteiger partial charge in [0.15, 0.2) is 0 Å². The molecule has 2 aromatic heterocycles. The van der Waals surface area contributed by atoms with Crippen molar-refractivity contribution >= 4 is 5.69 Å². The highest BCUT2D eigenvalue weighted by molar-refractivity contribution is 5.42. The van der Waals surface area contributed by atoms with Crippen LogP contribution in [0.3, 0.4) is 0 Å². The molecule has 3 heteroatoms. The summed E-state index contributed by atoms with van der Waals surface area (Å²) in [6.07, 6.45) is 5.36. The van der Waals surface area contributed by atoms with Gasteiger partial charge in [0.25, 0.3) is 0 Å². The van der Waals surface area contributed by atoms with Gasteiger partial charge in [-0.2, -0.15) is 0 Å². The number of nitrogens with zero attached hydrogens (tertiary/aromatic N) is 3. The maximum atomic E-state index is 3.98. The van der Waals surface area contributed by atoms with Crippen molar-refractivity contribution in [3.63, 3.8) is 0 Å². The van der Waals surface area contributed by atoms with E-state index in [1.54, 1.807) is 18.6 Å². The molecule has 0 aliphatic rings. The quantitative estimate of drug-likeness (QED) is 0.732. The third-order valence-electron chi connectivity index (χ3n) is 1.99. The van der Waals surface area contributed by atoms with Crippen molar-refractivity contribution < 1.29 is 0 Å². The zero-order valence-electron chi connectivity index (χ0n) is 9.96. The van der Waals surface area contributed by atoms with Crippen molar-refractivity contribution in [3.05, 3.63) is 54.6 Å². The molecule has 0 N–H and O–H groups in total. The van der Waals surface area contributed by atoms with E-state index in [0.717, 1.165) is 5.69 Å². The average molecular weight is 215 g/mol. The van der Waals surface area contributed by atoms with Crippen LogP contribution >= 0.6 is 0 Å². The van der Waals surface area contributed by atoms with Gasteiger partial charge < -0.3 is 4.90 Å². The van der Waals surface area contributed by atoms with Crippen LogP contribution in [0.25, 0.3) is 0 Å². The van der Waals surface area contributed by atoms with Gasteiger partial charge in [-0.15, -0.1) is 0 Å². The van der Waals surface area contributed by atoms with E-state index in [1.165, 1.54) is 5.69 Å². The Morgan fingerprint density at radius 1 is 0.938 bits per heavy atom. The van der Waals surface area contributed by atoms with Crippen LogP contribution in [-0.4, -0.2) is 24.1 Å². The fraction of sp³-hybridized carbons (Fsp3) is 0.231. The first kappa shape index (κ1) is 12.2. The van der Waals surface area contributed by atoms with Gasteiger partial charge in [-0.3, -0.25) is 9.97 Å². The van der Waals surface area contributed by atoms with Crippen LogP contribution in [0.1, 0.15) is 5.69 Å².